The topological polar surface area (TPSA) is 53.1 Å². The molecule has 3 nitrogen and oxygen atoms in total. The van der Waals surface area contributed by atoms with Gasteiger partial charge < -0.3 is 10.1 Å². The molecule has 0 atom stereocenters. The largest absolute Gasteiger partial charge is 0.481 e. The highest BCUT2D eigenvalue weighted by Crippen LogP contribution is 2.34. The van der Waals surface area contributed by atoms with Crippen LogP contribution in [0.15, 0.2) is 24.3 Å². The lowest BCUT2D eigenvalue weighted by atomic mass is 10.1. The van der Waals surface area contributed by atoms with Gasteiger partial charge in [-0.1, -0.05) is 6.07 Å². The number of carboxylic acid groups (broad SMARTS) is 1. The quantitative estimate of drug-likeness (QED) is 0.852. The number of rotatable bonds is 2. The first-order valence-electron chi connectivity index (χ1n) is 4.77. The Labute approximate surface area is 93.9 Å². The fourth-order valence-electron chi connectivity index (χ4n) is 1.72. The number of alkyl halides is 3. The van der Waals surface area contributed by atoms with Gasteiger partial charge in [-0.15, -0.1) is 0 Å². The summed E-state index contributed by atoms with van der Waals surface area (Å²) >= 11 is 0. The Kier molecular flexibility index (Phi) is 2.57. The van der Waals surface area contributed by atoms with Crippen LogP contribution in [0.4, 0.5) is 13.2 Å². The molecule has 1 aromatic heterocycles. The predicted octanol–water partition coefficient (Wildman–Crippen LogP) is 2.81. The number of hydrogen-bond donors (Lipinski definition) is 2. The third-order valence-electron chi connectivity index (χ3n) is 2.37. The van der Waals surface area contributed by atoms with Crippen LogP contribution >= 0.6 is 0 Å². The van der Waals surface area contributed by atoms with Gasteiger partial charge in [0.2, 0.25) is 0 Å². The highest BCUT2D eigenvalue weighted by Gasteiger charge is 2.32. The first kappa shape index (κ1) is 11.5. The van der Waals surface area contributed by atoms with Gasteiger partial charge in [0, 0.05) is 16.6 Å². The van der Waals surface area contributed by atoms with Gasteiger partial charge in [0.1, 0.15) is 0 Å². The van der Waals surface area contributed by atoms with Crippen molar-refractivity contribution in [2.24, 2.45) is 0 Å². The van der Waals surface area contributed by atoms with E-state index in [9.17, 15) is 18.0 Å². The Hall–Kier alpha value is -1.98. The maximum absolute atomic E-state index is 12.7. The predicted molar refractivity (Wildman–Crippen MR) is 54.6 cm³/mol. The molecule has 1 heterocycles. The highest BCUT2D eigenvalue weighted by atomic mass is 19.4. The Bertz CT molecular complexity index is 572. The number of halogens is 3. The van der Waals surface area contributed by atoms with Crippen LogP contribution in [0.2, 0.25) is 0 Å². The molecule has 0 saturated carbocycles. The van der Waals surface area contributed by atoms with E-state index in [0.29, 0.717) is 0 Å². The molecular formula is C11H8F3NO2. The zero-order valence-corrected chi connectivity index (χ0v) is 8.51. The van der Waals surface area contributed by atoms with E-state index in [1.165, 1.54) is 18.2 Å². The molecule has 0 radical (unpaired) electrons. The molecule has 0 aliphatic heterocycles. The summed E-state index contributed by atoms with van der Waals surface area (Å²) in [5, 5.41) is 8.58. The minimum atomic E-state index is -4.44. The highest BCUT2D eigenvalue weighted by molar-refractivity contribution is 5.85. The lowest BCUT2D eigenvalue weighted by molar-refractivity contribution is -0.137. The van der Waals surface area contributed by atoms with Crippen molar-refractivity contribution in [2.75, 3.05) is 0 Å². The standard InChI is InChI=1S/C11H8F3NO2/c12-11(13,14)8-2-1-3-9-7(8)4-6(15-9)5-10(16)17/h1-4,15H,5H2,(H,16,17). The molecule has 6 heteroatoms. The van der Waals surface area contributed by atoms with E-state index in [0.717, 1.165) is 6.07 Å². The molecule has 0 amide bonds. The monoisotopic (exact) mass is 243 g/mol. The number of aromatic amines is 1. The van der Waals surface area contributed by atoms with Gasteiger partial charge in [-0.2, -0.15) is 13.2 Å². The lowest BCUT2D eigenvalue weighted by Gasteiger charge is -2.06. The molecule has 1 aromatic carbocycles. The molecule has 17 heavy (non-hydrogen) atoms. The first-order valence-corrected chi connectivity index (χ1v) is 4.77. The number of carboxylic acids is 1. The Morgan fingerprint density at radius 1 is 1.35 bits per heavy atom. The molecule has 0 saturated heterocycles. The first-order chi connectivity index (χ1) is 7.88. The van der Waals surface area contributed by atoms with Crippen molar-refractivity contribution < 1.29 is 23.1 Å². The van der Waals surface area contributed by atoms with E-state index in [1.54, 1.807) is 0 Å². The van der Waals surface area contributed by atoms with Crippen molar-refractivity contribution in [2.45, 2.75) is 12.6 Å². The fourth-order valence-corrected chi connectivity index (χ4v) is 1.72. The van der Waals surface area contributed by atoms with Crippen molar-refractivity contribution in [1.29, 1.82) is 0 Å². The summed E-state index contributed by atoms with van der Waals surface area (Å²) in [4.78, 5) is 13.1. The Balaban J connectivity index is 2.57. The van der Waals surface area contributed by atoms with Crippen molar-refractivity contribution >= 4 is 16.9 Å². The molecule has 0 spiro atoms. The second kappa shape index (κ2) is 3.80. The van der Waals surface area contributed by atoms with Gasteiger partial charge >= 0.3 is 12.1 Å². The van der Waals surface area contributed by atoms with Gasteiger partial charge in [-0.05, 0) is 18.2 Å². The number of benzene rings is 1. The van der Waals surface area contributed by atoms with E-state index in [-0.39, 0.29) is 23.0 Å². The van der Waals surface area contributed by atoms with E-state index in [2.05, 4.69) is 4.98 Å². The van der Waals surface area contributed by atoms with Crippen molar-refractivity contribution in [1.82, 2.24) is 4.98 Å². The minimum absolute atomic E-state index is 0.00347. The molecule has 0 aliphatic rings. The van der Waals surface area contributed by atoms with Crippen LogP contribution in [-0.2, 0) is 17.4 Å². The summed E-state index contributed by atoms with van der Waals surface area (Å²) in [6, 6.07) is 4.97. The molecule has 0 fully saturated rings. The average molecular weight is 243 g/mol. The van der Waals surface area contributed by atoms with Crippen LogP contribution in [0.3, 0.4) is 0 Å². The van der Waals surface area contributed by atoms with Crippen molar-refractivity contribution in [3.63, 3.8) is 0 Å². The summed E-state index contributed by atoms with van der Waals surface area (Å²) in [6.07, 6.45) is -4.77. The van der Waals surface area contributed by atoms with E-state index >= 15 is 0 Å². The fraction of sp³-hybridized carbons (Fsp3) is 0.182. The van der Waals surface area contributed by atoms with Gasteiger partial charge in [0.25, 0.3) is 0 Å². The number of hydrogen-bond acceptors (Lipinski definition) is 1. The number of aliphatic carboxylic acids is 1. The zero-order valence-electron chi connectivity index (χ0n) is 8.51. The molecule has 2 rings (SSSR count). The maximum atomic E-state index is 12.7. The minimum Gasteiger partial charge on any atom is -0.481 e. The van der Waals surface area contributed by atoms with Crippen molar-refractivity contribution in [3.05, 3.63) is 35.5 Å². The van der Waals surface area contributed by atoms with E-state index in [4.69, 9.17) is 5.11 Å². The number of H-pyrrole nitrogens is 1. The molecular weight excluding hydrogens is 235 g/mol. The molecule has 0 unspecified atom stereocenters. The van der Waals surface area contributed by atoms with E-state index in [1.807, 2.05) is 0 Å². The van der Waals surface area contributed by atoms with Crippen LogP contribution in [-0.4, -0.2) is 16.1 Å². The normalized spacial score (nSPS) is 11.9. The van der Waals surface area contributed by atoms with E-state index < -0.39 is 17.7 Å². The average Bonchev–Trinajstić information content (AvgIpc) is 2.55. The van der Waals surface area contributed by atoms with Gasteiger partial charge in [-0.25, -0.2) is 0 Å². The van der Waals surface area contributed by atoms with Crippen molar-refractivity contribution in [3.8, 4) is 0 Å². The van der Waals surface area contributed by atoms with Crippen LogP contribution in [0, 0.1) is 0 Å². The molecule has 90 valence electrons. The Morgan fingerprint density at radius 3 is 2.65 bits per heavy atom. The summed E-state index contributed by atoms with van der Waals surface area (Å²) in [5.41, 5.74) is -0.219. The molecule has 2 aromatic rings. The molecule has 0 bridgehead atoms. The van der Waals surface area contributed by atoms with Gasteiger partial charge in [0.05, 0.1) is 12.0 Å². The number of nitrogens with one attached hydrogen (secondary N) is 1. The SMILES string of the molecule is O=C(O)Cc1cc2c(C(F)(F)F)cccc2[nH]1. The molecule has 0 aliphatic carbocycles. The summed E-state index contributed by atoms with van der Waals surface area (Å²) in [6.45, 7) is 0. The summed E-state index contributed by atoms with van der Waals surface area (Å²) < 4.78 is 38.0. The van der Waals surface area contributed by atoms with Gasteiger partial charge in [0.15, 0.2) is 0 Å². The number of fused-ring (bicyclic) bond motifs is 1. The third kappa shape index (κ3) is 2.25. The summed E-state index contributed by atoms with van der Waals surface area (Å²) in [7, 11) is 0. The molecule has 2 N–H and O–H groups in total. The second-order valence-electron chi connectivity index (χ2n) is 3.63. The second-order valence-corrected chi connectivity index (χ2v) is 3.63. The lowest BCUT2D eigenvalue weighted by Crippen LogP contribution is -2.04. The Morgan fingerprint density at radius 2 is 2.06 bits per heavy atom. The number of carbonyl (C=O) groups is 1. The van der Waals surface area contributed by atoms with Crippen LogP contribution in [0.5, 0.6) is 0 Å². The number of aromatic nitrogens is 1. The third-order valence-corrected chi connectivity index (χ3v) is 2.37. The van der Waals surface area contributed by atoms with Crippen LogP contribution in [0.1, 0.15) is 11.3 Å². The smallest absolute Gasteiger partial charge is 0.417 e. The van der Waals surface area contributed by atoms with Crippen LogP contribution < -0.4 is 0 Å². The summed E-state index contributed by atoms with van der Waals surface area (Å²) in [5.74, 6) is -1.09. The maximum Gasteiger partial charge on any atom is 0.417 e. The van der Waals surface area contributed by atoms with Crippen LogP contribution in [0.25, 0.3) is 10.9 Å². The zero-order chi connectivity index (χ0) is 12.6. The van der Waals surface area contributed by atoms with Gasteiger partial charge in [-0.3, -0.25) is 4.79 Å².